The highest BCUT2D eigenvalue weighted by molar-refractivity contribution is 5.84. The standard InChI is InChI=1S/C26H32N2O4/c1-18-8-5-6-9-22(18)28-13-11-27(12-14-28)10-7-15-31-25-16-21-19(2)20(3)26(29)32-23(21)17-24(25)30-4/h5-6,8-9,16-17H,7,10-15H2,1-4H3. The van der Waals surface area contributed by atoms with Gasteiger partial charge in [-0.15, -0.1) is 0 Å². The van der Waals surface area contributed by atoms with Gasteiger partial charge in [-0.3, -0.25) is 4.90 Å². The number of anilines is 1. The summed E-state index contributed by atoms with van der Waals surface area (Å²) in [5.41, 5.74) is 4.43. The molecule has 2 aromatic carbocycles. The number of aryl methyl sites for hydroxylation is 2. The summed E-state index contributed by atoms with van der Waals surface area (Å²) in [5.74, 6) is 1.26. The van der Waals surface area contributed by atoms with Crippen LogP contribution in [0.15, 0.2) is 45.6 Å². The smallest absolute Gasteiger partial charge is 0.339 e. The Morgan fingerprint density at radius 2 is 1.72 bits per heavy atom. The van der Waals surface area contributed by atoms with E-state index in [4.69, 9.17) is 13.9 Å². The third kappa shape index (κ3) is 4.60. The summed E-state index contributed by atoms with van der Waals surface area (Å²) in [7, 11) is 1.60. The molecule has 0 bridgehead atoms. The second-order valence-electron chi connectivity index (χ2n) is 8.46. The second-order valence-corrected chi connectivity index (χ2v) is 8.46. The minimum absolute atomic E-state index is 0.312. The highest BCUT2D eigenvalue weighted by Gasteiger charge is 2.18. The molecule has 1 fully saturated rings. The lowest BCUT2D eigenvalue weighted by Crippen LogP contribution is -2.47. The van der Waals surface area contributed by atoms with Crippen LogP contribution in [0.1, 0.15) is 23.1 Å². The topological polar surface area (TPSA) is 55.2 Å². The number of rotatable bonds is 7. The molecular weight excluding hydrogens is 404 g/mol. The molecule has 0 spiro atoms. The third-order valence-electron chi connectivity index (χ3n) is 6.45. The predicted molar refractivity (Wildman–Crippen MR) is 128 cm³/mol. The van der Waals surface area contributed by atoms with Crippen molar-refractivity contribution in [3.63, 3.8) is 0 Å². The number of fused-ring (bicyclic) bond motifs is 1. The molecule has 0 atom stereocenters. The number of piperazine rings is 1. The molecule has 6 nitrogen and oxygen atoms in total. The Labute approximate surface area is 189 Å². The van der Waals surface area contributed by atoms with Crippen molar-refractivity contribution >= 4 is 16.7 Å². The average molecular weight is 437 g/mol. The Kier molecular flexibility index (Phi) is 6.70. The van der Waals surface area contributed by atoms with Gasteiger partial charge in [0.15, 0.2) is 11.5 Å². The van der Waals surface area contributed by atoms with Crippen molar-refractivity contribution < 1.29 is 13.9 Å². The lowest BCUT2D eigenvalue weighted by molar-refractivity contribution is 0.221. The minimum atomic E-state index is -0.312. The Morgan fingerprint density at radius 3 is 2.44 bits per heavy atom. The molecule has 0 saturated carbocycles. The SMILES string of the molecule is COc1cc2oc(=O)c(C)c(C)c2cc1OCCCN1CCN(c2ccccc2C)CC1. The van der Waals surface area contributed by atoms with Crippen molar-refractivity contribution in [1.82, 2.24) is 4.90 Å². The van der Waals surface area contributed by atoms with Gasteiger partial charge in [0.1, 0.15) is 5.58 Å². The molecule has 1 saturated heterocycles. The van der Waals surface area contributed by atoms with Gasteiger partial charge in [0.25, 0.3) is 0 Å². The summed E-state index contributed by atoms with van der Waals surface area (Å²) in [6.07, 6.45) is 0.938. The molecule has 1 aliphatic rings. The monoisotopic (exact) mass is 436 g/mol. The summed E-state index contributed by atoms with van der Waals surface area (Å²) >= 11 is 0. The fraction of sp³-hybridized carbons (Fsp3) is 0.423. The van der Waals surface area contributed by atoms with Crippen molar-refractivity contribution in [3.8, 4) is 11.5 Å². The zero-order chi connectivity index (χ0) is 22.7. The molecule has 1 aliphatic heterocycles. The van der Waals surface area contributed by atoms with Gasteiger partial charge in [-0.2, -0.15) is 0 Å². The summed E-state index contributed by atoms with van der Waals surface area (Å²) in [4.78, 5) is 16.9. The lowest BCUT2D eigenvalue weighted by Gasteiger charge is -2.36. The van der Waals surface area contributed by atoms with Gasteiger partial charge in [0.05, 0.1) is 13.7 Å². The number of ether oxygens (including phenoxy) is 2. The maximum atomic E-state index is 12.0. The maximum absolute atomic E-state index is 12.0. The zero-order valence-corrected chi connectivity index (χ0v) is 19.4. The molecule has 4 rings (SSSR count). The summed E-state index contributed by atoms with van der Waals surface area (Å²) in [6, 6.07) is 12.3. The first-order valence-electron chi connectivity index (χ1n) is 11.3. The molecule has 0 N–H and O–H groups in total. The molecule has 3 aromatic rings. The number of hydrogen-bond acceptors (Lipinski definition) is 6. The van der Waals surface area contributed by atoms with Gasteiger partial charge < -0.3 is 18.8 Å². The van der Waals surface area contributed by atoms with Crippen LogP contribution in [0.3, 0.4) is 0 Å². The van der Waals surface area contributed by atoms with Gasteiger partial charge in [-0.25, -0.2) is 4.79 Å². The van der Waals surface area contributed by atoms with E-state index in [9.17, 15) is 4.79 Å². The van der Waals surface area contributed by atoms with Gasteiger partial charge in [0, 0.05) is 55.4 Å². The number of methoxy groups -OCH3 is 1. The first kappa shape index (κ1) is 22.2. The van der Waals surface area contributed by atoms with E-state index in [0.29, 0.717) is 29.3 Å². The van der Waals surface area contributed by atoms with E-state index in [2.05, 4.69) is 41.0 Å². The molecule has 0 unspecified atom stereocenters. The van der Waals surface area contributed by atoms with Crippen LogP contribution in [-0.2, 0) is 0 Å². The summed E-state index contributed by atoms with van der Waals surface area (Å²) in [5, 5.41) is 0.880. The van der Waals surface area contributed by atoms with E-state index in [0.717, 1.165) is 50.1 Å². The molecular formula is C26H32N2O4. The number of hydrogen-bond donors (Lipinski definition) is 0. The number of benzene rings is 2. The molecule has 2 heterocycles. The van der Waals surface area contributed by atoms with E-state index in [1.807, 2.05) is 13.0 Å². The molecule has 6 heteroatoms. The van der Waals surface area contributed by atoms with Crippen molar-refractivity contribution in [2.45, 2.75) is 27.2 Å². The molecule has 0 radical (unpaired) electrons. The van der Waals surface area contributed by atoms with Crippen LogP contribution in [0.25, 0.3) is 11.0 Å². The fourth-order valence-corrected chi connectivity index (χ4v) is 4.32. The van der Waals surface area contributed by atoms with E-state index >= 15 is 0 Å². The highest BCUT2D eigenvalue weighted by Crippen LogP contribution is 2.34. The van der Waals surface area contributed by atoms with Crippen molar-refractivity contribution in [1.29, 1.82) is 0 Å². The normalized spacial score (nSPS) is 14.7. The van der Waals surface area contributed by atoms with Gasteiger partial charge in [0.2, 0.25) is 0 Å². The second kappa shape index (κ2) is 9.65. The Bertz CT molecular complexity index is 1150. The van der Waals surface area contributed by atoms with Gasteiger partial charge >= 0.3 is 5.63 Å². The minimum Gasteiger partial charge on any atom is -0.493 e. The Morgan fingerprint density at radius 1 is 0.969 bits per heavy atom. The first-order valence-corrected chi connectivity index (χ1v) is 11.3. The summed E-state index contributed by atoms with van der Waals surface area (Å²) in [6.45, 7) is 11.7. The summed E-state index contributed by atoms with van der Waals surface area (Å²) < 4.78 is 17.0. The van der Waals surface area contributed by atoms with E-state index < -0.39 is 0 Å². The number of para-hydroxylation sites is 1. The molecule has 1 aromatic heterocycles. The Hall–Kier alpha value is -2.99. The van der Waals surface area contributed by atoms with Crippen LogP contribution in [0.4, 0.5) is 5.69 Å². The molecule has 0 aliphatic carbocycles. The van der Waals surface area contributed by atoms with Gasteiger partial charge in [-0.1, -0.05) is 18.2 Å². The van der Waals surface area contributed by atoms with Crippen LogP contribution in [0.5, 0.6) is 11.5 Å². The zero-order valence-electron chi connectivity index (χ0n) is 19.4. The quantitative estimate of drug-likeness (QED) is 0.406. The van der Waals surface area contributed by atoms with Crippen LogP contribution >= 0.6 is 0 Å². The van der Waals surface area contributed by atoms with E-state index in [1.54, 1.807) is 20.1 Å². The first-order chi connectivity index (χ1) is 15.5. The van der Waals surface area contributed by atoms with Crippen molar-refractivity contribution in [3.05, 3.63) is 63.5 Å². The number of nitrogens with zero attached hydrogens (tertiary/aromatic N) is 2. The van der Waals surface area contributed by atoms with Gasteiger partial charge in [-0.05, 0) is 50.5 Å². The van der Waals surface area contributed by atoms with Crippen LogP contribution < -0.4 is 20.0 Å². The maximum Gasteiger partial charge on any atom is 0.339 e. The average Bonchev–Trinajstić information content (AvgIpc) is 2.81. The van der Waals surface area contributed by atoms with Crippen LogP contribution in [0, 0.1) is 20.8 Å². The lowest BCUT2D eigenvalue weighted by atomic mass is 10.1. The van der Waals surface area contributed by atoms with Crippen LogP contribution in [-0.4, -0.2) is 51.3 Å². The molecule has 0 amide bonds. The fourth-order valence-electron chi connectivity index (χ4n) is 4.32. The molecule has 32 heavy (non-hydrogen) atoms. The molecule has 170 valence electrons. The highest BCUT2D eigenvalue weighted by atomic mass is 16.5. The predicted octanol–water partition coefficient (Wildman–Crippen LogP) is 4.32. The third-order valence-corrected chi connectivity index (χ3v) is 6.45. The van der Waals surface area contributed by atoms with Crippen molar-refractivity contribution in [2.24, 2.45) is 0 Å². The largest absolute Gasteiger partial charge is 0.493 e. The van der Waals surface area contributed by atoms with E-state index in [-0.39, 0.29) is 5.63 Å². The van der Waals surface area contributed by atoms with E-state index in [1.165, 1.54) is 11.3 Å². The Balaban J connectivity index is 1.32. The van der Waals surface area contributed by atoms with Crippen molar-refractivity contribution in [2.75, 3.05) is 51.3 Å². The van der Waals surface area contributed by atoms with Crippen LogP contribution in [0.2, 0.25) is 0 Å².